The second kappa shape index (κ2) is 9.37. The molecule has 0 N–H and O–H groups in total. The van der Waals surface area contributed by atoms with E-state index in [1.54, 1.807) is 6.20 Å². The molecule has 0 aliphatic rings. The monoisotopic (exact) mass is 342 g/mol. The average molecular weight is 342 g/mol. The van der Waals surface area contributed by atoms with E-state index in [4.69, 9.17) is 0 Å². The molecule has 0 aliphatic carbocycles. The fourth-order valence-electron chi connectivity index (χ4n) is 2.96. The molecule has 1 aromatic carbocycles. The van der Waals surface area contributed by atoms with Gasteiger partial charge in [0.1, 0.15) is 0 Å². The van der Waals surface area contributed by atoms with Gasteiger partial charge in [0, 0.05) is 45.5 Å². The molecule has 0 radical (unpaired) electrons. The van der Waals surface area contributed by atoms with E-state index in [9.17, 15) is 4.79 Å². The minimum atomic E-state index is 0.219. The maximum atomic E-state index is 12.5. The van der Waals surface area contributed by atoms with E-state index < -0.39 is 0 Å². The highest BCUT2D eigenvalue weighted by Gasteiger charge is 2.16. The normalized spacial score (nSPS) is 12.4. The molecule has 2 rings (SSSR count). The Labute approximate surface area is 151 Å². The van der Waals surface area contributed by atoms with Crippen molar-refractivity contribution < 1.29 is 4.79 Å². The molecule has 1 atom stereocenters. The number of hydrogen-bond acceptors (Lipinski definition) is 3. The lowest BCUT2D eigenvalue weighted by molar-refractivity contribution is -0.131. The third-order valence-corrected chi connectivity index (χ3v) is 4.46. The molecule has 1 amide bonds. The van der Waals surface area contributed by atoms with Gasteiger partial charge in [0.25, 0.3) is 0 Å². The van der Waals surface area contributed by atoms with Crippen molar-refractivity contribution >= 4 is 5.91 Å². The van der Waals surface area contributed by atoms with Gasteiger partial charge in [-0.15, -0.1) is 0 Å². The molecule has 136 valence electrons. The van der Waals surface area contributed by atoms with Crippen LogP contribution in [0.15, 0.2) is 43.0 Å². The molecule has 1 aromatic heterocycles. The molecule has 0 saturated heterocycles. The Kier molecular flexibility index (Phi) is 7.19. The minimum absolute atomic E-state index is 0.219. The second-order valence-electron chi connectivity index (χ2n) is 7.04. The zero-order valence-electron chi connectivity index (χ0n) is 15.9. The van der Waals surface area contributed by atoms with Crippen LogP contribution in [0.4, 0.5) is 0 Å². The average Bonchev–Trinajstić information content (AvgIpc) is 3.08. The SMILES string of the molecule is CCC(CC(=O)N(C)Cc1ccc(Cn2ccnc2)cc1)CN(C)C. The van der Waals surface area contributed by atoms with E-state index >= 15 is 0 Å². The van der Waals surface area contributed by atoms with Crippen molar-refractivity contribution in [3.63, 3.8) is 0 Å². The van der Waals surface area contributed by atoms with E-state index in [-0.39, 0.29) is 5.91 Å². The number of carbonyl (C=O) groups excluding carboxylic acids is 1. The summed E-state index contributed by atoms with van der Waals surface area (Å²) in [7, 11) is 6.01. The Hall–Kier alpha value is -2.14. The molecule has 1 heterocycles. The summed E-state index contributed by atoms with van der Waals surface area (Å²) in [5.41, 5.74) is 2.39. The zero-order valence-corrected chi connectivity index (χ0v) is 15.9. The maximum absolute atomic E-state index is 12.5. The van der Waals surface area contributed by atoms with Crippen molar-refractivity contribution in [3.05, 3.63) is 54.1 Å². The third-order valence-electron chi connectivity index (χ3n) is 4.46. The topological polar surface area (TPSA) is 41.4 Å². The lowest BCUT2D eigenvalue weighted by atomic mass is 10.0. The van der Waals surface area contributed by atoms with Crippen molar-refractivity contribution in [1.29, 1.82) is 0 Å². The van der Waals surface area contributed by atoms with E-state index in [0.29, 0.717) is 18.9 Å². The lowest BCUT2D eigenvalue weighted by Crippen LogP contribution is -2.31. The summed E-state index contributed by atoms with van der Waals surface area (Å²) in [5.74, 6) is 0.638. The predicted octanol–water partition coefficient (Wildman–Crippen LogP) is 2.87. The highest BCUT2D eigenvalue weighted by Crippen LogP contribution is 2.13. The molecule has 1 unspecified atom stereocenters. The largest absolute Gasteiger partial charge is 0.341 e. The van der Waals surface area contributed by atoms with Crippen LogP contribution in [0.5, 0.6) is 0 Å². The third kappa shape index (κ3) is 6.35. The number of amides is 1. The van der Waals surface area contributed by atoms with E-state index in [2.05, 4.69) is 55.2 Å². The van der Waals surface area contributed by atoms with Crippen molar-refractivity contribution in [2.24, 2.45) is 5.92 Å². The van der Waals surface area contributed by atoms with E-state index in [1.165, 1.54) is 5.56 Å². The predicted molar refractivity (Wildman–Crippen MR) is 101 cm³/mol. The van der Waals surface area contributed by atoms with Crippen LogP contribution in [0.3, 0.4) is 0 Å². The Morgan fingerprint density at radius 1 is 1.16 bits per heavy atom. The van der Waals surface area contributed by atoms with Gasteiger partial charge in [0.2, 0.25) is 5.91 Å². The summed E-state index contributed by atoms with van der Waals surface area (Å²) < 4.78 is 2.04. The molecule has 5 heteroatoms. The van der Waals surface area contributed by atoms with Crippen molar-refractivity contribution in [3.8, 4) is 0 Å². The van der Waals surface area contributed by atoms with Gasteiger partial charge in [-0.3, -0.25) is 4.79 Å². The van der Waals surface area contributed by atoms with Gasteiger partial charge in [-0.25, -0.2) is 4.98 Å². The quantitative estimate of drug-likeness (QED) is 0.704. The van der Waals surface area contributed by atoms with Crippen molar-refractivity contribution in [2.75, 3.05) is 27.7 Å². The number of imidazole rings is 1. The van der Waals surface area contributed by atoms with E-state index in [0.717, 1.165) is 25.1 Å². The fraction of sp³-hybridized carbons (Fsp3) is 0.500. The first-order valence-corrected chi connectivity index (χ1v) is 8.90. The van der Waals surface area contributed by atoms with Gasteiger partial charge < -0.3 is 14.4 Å². The first-order chi connectivity index (χ1) is 12.0. The van der Waals surface area contributed by atoms with Gasteiger partial charge in [0.05, 0.1) is 6.33 Å². The number of nitrogens with zero attached hydrogens (tertiary/aromatic N) is 4. The van der Waals surface area contributed by atoms with Crippen molar-refractivity contribution in [2.45, 2.75) is 32.9 Å². The molecule has 5 nitrogen and oxygen atoms in total. The van der Waals surface area contributed by atoms with Crippen LogP contribution >= 0.6 is 0 Å². The van der Waals surface area contributed by atoms with Gasteiger partial charge in [0.15, 0.2) is 0 Å². The highest BCUT2D eigenvalue weighted by atomic mass is 16.2. The van der Waals surface area contributed by atoms with Gasteiger partial charge in [-0.2, -0.15) is 0 Å². The number of carbonyl (C=O) groups is 1. The minimum Gasteiger partial charge on any atom is -0.341 e. The number of aromatic nitrogens is 2. The molecule has 2 aromatic rings. The Morgan fingerprint density at radius 3 is 2.40 bits per heavy atom. The first-order valence-electron chi connectivity index (χ1n) is 8.90. The summed E-state index contributed by atoms with van der Waals surface area (Å²) >= 11 is 0. The molecule has 0 saturated carbocycles. The maximum Gasteiger partial charge on any atom is 0.222 e. The fourth-order valence-corrected chi connectivity index (χ4v) is 2.96. The summed E-state index contributed by atoms with van der Waals surface area (Å²) in [4.78, 5) is 20.5. The Bertz CT molecular complexity index is 634. The van der Waals surface area contributed by atoms with Gasteiger partial charge in [-0.1, -0.05) is 37.6 Å². The molecule has 25 heavy (non-hydrogen) atoms. The van der Waals surface area contributed by atoms with Crippen LogP contribution in [0.2, 0.25) is 0 Å². The molecule has 0 fully saturated rings. The second-order valence-corrected chi connectivity index (χ2v) is 7.04. The van der Waals surface area contributed by atoms with Gasteiger partial charge >= 0.3 is 0 Å². The Balaban J connectivity index is 1.86. The van der Waals surface area contributed by atoms with E-state index in [1.807, 2.05) is 29.0 Å². The Morgan fingerprint density at radius 2 is 1.84 bits per heavy atom. The molecular weight excluding hydrogens is 312 g/mol. The summed E-state index contributed by atoms with van der Waals surface area (Å²) in [5, 5.41) is 0. The summed E-state index contributed by atoms with van der Waals surface area (Å²) in [6, 6.07) is 8.45. The van der Waals surface area contributed by atoms with Crippen LogP contribution < -0.4 is 0 Å². The number of hydrogen-bond donors (Lipinski definition) is 0. The number of rotatable bonds is 9. The molecule has 0 spiro atoms. The smallest absolute Gasteiger partial charge is 0.222 e. The molecule has 0 aliphatic heterocycles. The van der Waals surface area contributed by atoms with Crippen molar-refractivity contribution in [1.82, 2.24) is 19.4 Å². The van der Waals surface area contributed by atoms with Crippen LogP contribution in [0, 0.1) is 5.92 Å². The summed E-state index contributed by atoms with van der Waals surface area (Å²) in [6.45, 7) is 4.58. The van der Waals surface area contributed by atoms with Crippen LogP contribution in [-0.4, -0.2) is 52.9 Å². The highest BCUT2D eigenvalue weighted by molar-refractivity contribution is 5.76. The number of benzene rings is 1. The van der Waals surface area contributed by atoms with Gasteiger partial charge in [-0.05, 0) is 31.1 Å². The lowest BCUT2D eigenvalue weighted by Gasteiger charge is -2.23. The first kappa shape index (κ1) is 19.2. The standard InChI is InChI=1S/C20H30N4O/c1-5-17(13-22(2)3)12-20(25)23(4)14-18-6-8-19(9-7-18)15-24-11-10-21-16-24/h6-11,16-17H,5,12-15H2,1-4H3. The van der Waals surface area contributed by atoms with Crippen LogP contribution in [0.25, 0.3) is 0 Å². The molecular formula is C20H30N4O. The zero-order chi connectivity index (χ0) is 18.2. The van der Waals surface area contributed by atoms with Crippen LogP contribution in [-0.2, 0) is 17.9 Å². The summed E-state index contributed by atoms with van der Waals surface area (Å²) in [6.07, 6.45) is 7.20. The van der Waals surface area contributed by atoms with Crippen LogP contribution in [0.1, 0.15) is 30.9 Å². The molecule has 0 bridgehead atoms.